The summed E-state index contributed by atoms with van der Waals surface area (Å²) in [6, 6.07) is 76.2. The zero-order chi connectivity index (χ0) is 37.0. The van der Waals surface area contributed by atoms with E-state index in [1.165, 1.54) is 49.2 Å². The normalized spacial score (nSPS) is 11.6. The van der Waals surface area contributed by atoms with Crippen molar-refractivity contribution in [3.05, 3.63) is 212 Å². The van der Waals surface area contributed by atoms with Crippen LogP contribution in [0.1, 0.15) is 0 Å². The van der Waals surface area contributed by atoms with Crippen molar-refractivity contribution in [3.8, 4) is 56.1 Å². The number of benzene rings is 8. The number of hydrogen-bond donors (Lipinski definition) is 0. The SMILES string of the molecule is c1ccc(-c2cc(-c3cccc(-c4cccc(-n5c6ccccc6c6ccccc65)c4)c3)cc(-c3cccc(-n4c5ccccc5c5ccccc54)c3)n2)cc1. The molecule has 0 saturated carbocycles. The summed E-state index contributed by atoms with van der Waals surface area (Å²) in [6.07, 6.45) is 0. The predicted octanol–water partition coefficient (Wildman–Crippen LogP) is 13.9. The molecule has 8 aromatic carbocycles. The molecule has 0 aliphatic heterocycles. The van der Waals surface area contributed by atoms with Gasteiger partial charge in [0.2, 0.25) is 0 Å². The first-order chi connectivity index (χ1) is 27.8. The summed E-state index contributed by atoms with van der Waals surface area (Å²) < 4.78 is 4.75. The molecule has 0 aliphatic rings. The minimum atomic E-state index is 0.933. The lowest BCUT2D eigenvalue weighted by molar-refractivity contribution is 1.18. The van der Waals surface area contributed by atoms with E-state index < -0.39 is 0 Å². The highest BCUT2D eigenvalue weighted by Crippen LogP contribution is 2.37. The fourth-order valence-corrected chi connectivity index (χ4v) is 8.51. The van der Waals surface area contributed by atoms with E-state index in [2.05, 4.69) is 221 Å². The molecule has 3 heterocycles. The van der Waals surface area contributed by atoms with Crippen molar-refractivity contribution < 1.29 is 0 Å². The van der Waals surface area contributed by atoms with Gasteiger partial charge in [-0.15, -0.1) is 0 Å². The maximum Gasteiger partial charge on any atom is 0.0716 e. The van der Waals surface area contributed by atoms with Crippen LogP contribution in [-0.4, -0.2) is 14.1 Å². The van der Waals surface area contributed by atoms with Gasteiger partial charge in [-0.25, -0.2) is 4.98 Å². The van der Waals surface area contributed by atoms with Gasteiger partial charge in [-0.3, -0.25) is 0 Å². The van der Waals surface area contributed by atoms with Crippen molar-refractivity contribution >= 4 is 43.6 Å². The van der Waals surface area contributed by atoms with Crippen LogP contribution in [-0.2, 0) is 0 Å². The van der Waals surface area contributed by atoms with Gasteiger partial charge in [0.1, 0.15) is 0 Å². The summed E-state index contributed by atoms with van der Waals surface area (Å²) in [7, 11) is 0. The van der Waals surface area contributed by atoms with Gasteiger partial charge in [0, 0.05) is 44.0 Å². The van der Waals surface area contributed by atoms with Gasteiger partial charge in [-0.1, -0.05) is 146 Å². The van der Waals surface area contributed by atoms with Crippen LogP contribution in [0.25, 0.3) is 99.8 Å². The van der Waals surface area contributed by atoms with E-state index in [4.69, 9.17) is 4.98 Å². The number of fused-ring (bicyclic) bond motifs is 6. The summed E-state index contributed by atoms with van der Waals surface area (Å²) in [5.41, 5.74) is 15.7. The van der Waals surface area contributed by atoms with E-state index in [-0.39, 0.29) is 0 Å². The molecule has 0 N–H and O–H groups in total. The number of rotatable bonds is 6. The summed E-state index contributed by atoms with van der Waals surface area (Å²) in [5.74, 6) is 0. The molecule has 0 atom stereocenters. The molecule has 3 heteroatoms. The third-order valence-corrected chi connectivity index (χ3v) is 11.1. The zero-order valence-electron chi connectivity index (χ0n) is 30.5. The smallest absolute Gasteiger partial charge is 0.0716 e. The van der Waals surface area contributed by atoms with E-state index in [1.54, 1.807) is 0 Å². The molecule has 3 aromatic heterocycles. The van der Waals surface area contributed by atoms with Crippen LogP contribution in [0.3, 0.4) is 0 Å². The molecule has 0 amide bonds. The predicted molar refractivity (Wildman–Crippen MR) is 235 cm³/mol. The molecule has 11 aromatic rings. The lowest BCUT2D eigenvalue weighted by Gasteiger charge is -2.14. The van der Waals surface area contributed by atoms with E-state index in [0.29, 0.717) is 0 Å². The standard InChI is InChI=1S/C53H35N3/c1-2-15-36(16-3-1)48-34-41(35-49(54-48)40-20-14-22-43(33-40)56-52-29-10-6-25-46(52)47-26-7-11-30-53(47)56)38-18-12-17-37(31-38)39-19-13-21-42(32-39)55-50-27-8-4-23-44(50)45-24-5-9-28-51(45)55/h1-35H. The van der Waals surface area contributed by atoms with Crippen molar-refractivity contribution in [2.45, 2.75) is 0 Å². The largest absolute Gasteiger partial charge is 0.309 e. The Kier molecular flexibility index (Phi) is 7.49. The Labute approximate surface area is 325 Å². The second-order valence-corrected chi connectivity index (χ2v) is 14.4. The van der Waals surface area contributed by atoms with E-state index in [9.17, 15) is 0 Å². The van der Waals surface area contributed by atoms with Crippen molar-refractivity contribution in [3.63, 3.8) is 0 Å². The lowest BCUT2D eigenvalue weighted by Crippen LogP contribution is -1.96. The third kappa shape index (κ3) is 5.32. The zero-order valence-corrected chi connectivity index (χ0v) is 30.5. The molecule has 0 aliphatic carbocycles. The van der Waals surface area contributed by atoms with Crippen LogP contribution >= 0.6 is 0 Å². The van der Waals surface area contributed by atoms with E-state index >= 15 is 0 Å². The molecule has 3 nitrogen and oxygen atoms in total. The molecular formula is C53H35N3. The van der Waals surface area contributed by atoms with Gasteiger partial charge < -0.3 is 9.13 Å². The molecule has 0 bridgehead atoms. The summed E-state index contributed by atoms with van der Waals surface area (Å²) in [4.78, 5) is 5.30. The lowest BCUT2D eigenvalue weighted by atomic mass is 9.96. The van der Waals surface area contributed by atoms with Gasteiger partial charge in [0.05, 0.1) is 33.5 Å². The van der Waals surface area contributed by atoms with Crippen LogP contribution in [0.15, 0.2) is 212 Å². The van der Waals surface area contributed by atoms with Crippen molar-refractivity contribution in [1.82, 2.24) is 14.1 Å². The molecule has 262 valence electrons. The number of hydrogen-bond acceptors (Lipinski definition) is 1. The van der Waals surface area contributed by atoms with Crippen LogP contribution in [0.5, 0.6) is 0 Å². The molecule has 0 spiro atoms. The Bertz CT molecular complexity index is 3150. The van der Waals surface area contributed by atoms with Crippen LogP contribution in [0.4, 0.5) is 0 Å². The highest BCUT2D eigenvalue weighted by atomic mass is 15.0. The second kappa shape index (κ2) is 13.1. The first-order valence-corrected chi connectivity index (χ1v) is 19.1. The monoisotopic (exact) mass is 713 g/mol. The number of nitrogens with zero attached hydrogens (tertiary/aromatic N) is 3. The highest BCUT2D eigenvalue weighted by Gasteiger charge is 2.16. The maximum absolute atomic E-state index is 5.30. The first-order valence-electron chi connectivity index (χ1n) is 19.1. The van der Waals surface area contributed by atoms with E-state index in [0.717, 1.165) is 50.6 Å². The molecule has 0 fully saturated rings. The minimum Gasteiger partial charge on any atom is -0.309 e. The quantitative estimate of drug-likeness (QED) is 0.168. The molecule has 56 heavy (non-hydrogen) atoms. The Morgan fingerprint density at radius 2 is 0.607 bits per heavy atom. The fraction of sp³-hybridized carbons (Fsp3) is 0. The van der Waals surface area contributed by atoms with Gasteiger partial charge in [0.25, 0.3) is 0 Å². The van der Waals surface area contributed by atoms with Crippen LogP contribution < -0.4 is 0 Å². The first kappa shape index (κ1) is 32.0. The molecule has 0 saturated heterocycles. The highest BCUT2D eigenvalue weighted by molar-refractivity contribution is 6.10. The van der Waals surface area contributed by atoms with Gasteiger partial charge in [0.15, 0.2) is 0 Å². The molecular weight excluding hydrogens is 679 g/mol. The number of para-hydroxylation sites is 4. The van der Waals surface area contributed by atoms with E-state index in [1.807, 2.05) is 0 Å². The van der Waals surface area contributed by atoms with Gasteiger partial charge >= 0.3 is 0 Å². The third-order valence-electron chi connectivity index (χ3n) is 11.1. The van der Waals surface area contributed by atoms with Gasteiger partial charge in [-0.05, 0) is 89.0 Å². The fourth-order valence-electron chi connectivity index (χ4n) is 8.51. The Balaban J connectivity index is 1.03. The maximum atomic E-state index is 5.30. The molecule has 0 unspecified atom stereocenters. The van der Waals surface area contributed by atoms with Crippen LogP contribution in [0.2, 0.25) is 0 Å². The average Bonchev–Trinajstić information content (AvgIpc) is 3.80. The average molecular weight is 714 g/mol. The minimum absolute atomic E-state index is 0.933. The Morgan fingerprint density at radius 3 is 1.12 bits per heavy atom. The second-order valence-electron chi connectivity index (χ2n) is 14.4. The molecule has 0 radical (unpaired) electrons. The number of aromatic nitrogens is 3. The van der Waals surface area contributed by atoms with Crippen molar-refractivity contribution in [2.24, 2.45) is 0 Å². The molecule has 11 rings (SSSR count). The Morgan fingerprint density at radius 1 is 0.250 bits per heavy atom. The summed E-state index contributed by atoms with van der Waals surface area (Å²) in [5, 5.41) is 5.03. The van der Waals surface area contributed by atoms with Crippen molar-refractivity contribution in [1.29, 1.82) is 0 Å². The van der Waals surface area contributed by atoms with Crippen molar-refractivity contribution in [2.75, 3.05) is 0 Å². The summed E-state index contributed by atoms with van der Waals surface area (Å²) >= 11 is 0. The number of pyridine rings is 1. The van der Waals surface area contributed by atoms with Gasteiger partial charge in [-0.2, -0.15) is 0 Å². The summed E-state index contributed by atoms with van der Waals surface area (Å²) in [6.45, 7) is 0. The van der Waals surface area contributed by atoms with Crippen LogP contribution in [0, 0.1) is 0 Å². The Hall–Kier alpha value is -7.49. The topological polar surface area (TPSA) is 22.8 Å².